The van der Waals surface area contributed by atoms with E-state index in [0.29, 0.717) is 23.2 Å². The Kier molecular flexibility index (Phi) is 3.74. The minimum atomic E-state index is -0.0273. The Bertz CT molecular complexity index is 327. The highest BCUT2D eigenvalue weighted by atomic mass is 16.3. The average Bonchev–Trinajstić information content (AvgIpc) is 2.19. The van der Waals surface area contributed by atoms with Crippen molar-refractivity contribution in [2.24, 2.45) is 5.92 Å². The van der Waals surface area contributed by atoms with E-state index in [-0.39, 0.29) is 12.6 Å². The zero-order valence-electron chi connectivity index (χ0n) is 9.07. The number of nitrogen functional groups attached to an aromatic ring is 2. The van der Waals surface area contributed by atoms with E-state index >= 15 is 0 Å². The monoisotopic (exact) mass is 210 g/mol. The van der Waals surface area contributed by atoms with E-state index in [4.69, 9.17) is 16.6 Å². The van der Waals surface area contributed by atoms with Gasteiger partial charge in [-0.25, -0.2) is 4.98 Å². The van der Waals surface area contributed by atoms with Crippen LogP contribution in [0.4, 0.5) is 17.3 Å². The number of aliphatic hydroxyl groups is 1. The zero-order valence-corrected chi connectivity index (χ0v) is 9.07. The fourth-order valence-corrected chi connectivity index (χ4v) is 1.18. The lowest BCUT2D eigenvalue weighted by Gasteiger charge is -2.20. The van der Waals surface area contributed by atoms with Crippen LogP contribution in [-0.4, -0.2) is 22.7 Å². The molecule has 1 aromatic heterocycles. The highest BCUT2D eigenvalue weighted by Gasteiger charge is 2.12. The number of pyridine rings is 1. The maximum Gasteiger partial charge on any atom is 0.149 e. The Labute approximate surface area is 89.5 Å². The molecule has 1 aromatic rings. The maximum absolute atomic E-state index is 9.14. The number of nitrogens with two attached hydrogens (primary N) is 2. The predicted octanol–water partition coefficient (Wildman–Crippen LogP) is 0.675. The van der Waals surface area contributed by atoms with Gasteiger partial charge in [-0.3, -0.25) is 0 Å². The van der Waals surface area contributed by atoms with Gasteiger partial charge >= 0.3 is 0 Å². The number of hydrogen-bond donors (Lipinski definition) is 4. The molecule has 1 atom stereocenters. The Hall–Kier alpha value is -1.49. The molecule has 15 heavy (non-hydrogen) atoms. The SMILES string of the molecule is CC(C)[C@@H](CO)Nc1ccc(N)c(N)n1. The third-order valence-corrected chi connectivity index (χ3v) is 2.29. The molecule has 5 heteroatoms. The summed E-state index contributed by atoms with van der Waals surface area (Å²) in [7, 11) is 0. The number of nitrogens with zero attached hydrogens (tertiary/aromatic N) is 1. The molecule has 84 valence electrons. The summed E-state index contributed by atoms with van der Waals surface area (Å²) in [6.45, 7) is 4.10. The van der Waals surface area contributed by atoms with E-state index in [9.17, 15) is 0 Å². The van der Waals surface area contributed by atoms with E-state index in [0.717, 1.165) is 0 Å². The molecule has 0 saturated carbocycles. The van der Waals surface area contributed by atoms with Crippen LogP contribution in [-0.2, 0) is 0 Å². The van der Waals surface area contributed by atoms with Gasteiger partial charge in [-0.05, 0) is 18.1 Å². The molecule has 6 N–H and O–H groups in total. The fourth-order valence-electron chi connectivity index (χ4n) is 1.18. The topological polar surface area (TPSA) is 97.2 Å². The first-order valence-electron chi connectivity index (χ1n) is 4.94. The van der Waals surface area contributed by atoms with Gasteiger partial charge in [0.25, 0.3) is 0 Å². The second-order valence-corrected chi connectivity index (χ2v) is 3.85. The molecule has 0 aliphatic rings. The minimum absolute atomic E-state index is 0.0273. The van der Waals surface area contributed by atoms with E-state index < -0.39 is 0 Å². The lowest BCUT2D eigenvalue weighted by Crippen LogP contribution is -2.29. The van der Waals surface area contributed by atoms with E-state index in [2.05, 4.69) is 10.3 Å². The highest BCUT2D eigenvalue weighted by Crippen LogP contribution is 2.16. The number of aromatic nitrogens is 1. The van der Waals surface area contributed by atoms with Crippen molar-refractivity contribution in [2.45, 2.75) is 19.9 Å². The van der Waals surface area contributed by atoms with Crippen molar-refractivity contribution >= 4 is 17.3 Å². The van der Waals surface area contributed by atoms with E-state index in [1.807, 2.05) is 13.8 Å². The normalized spacial score (nSPS) is 12.8. The quantitative estimate of drug-likeness (QED) is 0.585. The molecule has 0 radical (unpaired) electrons. The summed E-state index contributed by atoms with van der Waals surface area (Å²) >= 11 is 0. The Morgan fingerprint density at radius 2 is 2.07 bits per heavy atom. The summed E-state index contributed by atoms with van der Waals surface area (Å²) in [5, 5.41) is 12.2. The molecule has 0 aromatic carbocycles. The van der Waals surface area contributed by atoms with Crippen LogP contribution in [0.2, 0.25) is 0 Å². The van der Waals surface area contributed by atoms with Gasteiger partial charge in [-0.1, -0.05) is 13.8 Å². The van der Waals surface area contributed by atoms with Gasteiger partial charge in [0.05, 0.1) is 18.3 Å². The van der Waals surface area contributed by atoms with Gasteiger partial charge in [0.15, 0.2) is 0 Å². The standard InChI is InChI=1S/C10H18N4O/c1-6(2)8(5-15)13-9-4-3-7(11)10(12)14-9/h3-4,6,8,15H,5,11H2,1-2H3,(H3,12,13,14)/t8-/m1/s1. The zero-order chi connectivity index (χ0) is 11.4. The largest absolute Gasteiger partial charge is 0.396 e. The number of anilines is 3. The number of hydrogen-bond acceptors (Lipinski definition) is 5. The van der Waals surface area contributed by atoms with Crippen LogP contribution < -0.4 is 16.8 Å². The molecular formula is C10H18N4O. The summed E-state index contributed by atoms with van der Waals surface area (Å²) < 4.78 is 0. The van der Waals surface area contributed by atoms with Crippen molar-refractivity contribution in [1.82, 2.24) is 4.98 Å². The van der Waals surface area contributed by atoms with Crippen LogP contribution in [0.25, 0.3) is 0 Å². The van der Waals surface area contributed by atoms with Crippen LogP contribution in [0.5, 0.6) is 0 Å². The van der Waals surface area contributed by atoms with Crippen molar-refractivity contribution in [3.05, 3.63) is 12.1 Å². The number of nitrogens with one attached hydrogen (secondary N) is 1. The van der Waals surface area contributed by atoms with Crippen LogP contribution in [0.3, 0.4) is 0 Å². The van der Waals surface area contributed by atoms with Crippen molar-refractivity contribution in [2.75, 3.05) is 23.4 Å². The first kappa shape index (κ1) is 11.6. The Morgan fingerprint density at radius 3 is 2.53 bits per heavy atom. The smallest absolute Gasteiger partial charge is 0.149 e. The molecule has 5 nitrogen and oxygen atoms in total. The molecule has 0 aliphatic heterocycles. The summed E-state index contributed by atoms with van der Waals surface area (Å²) in [5.74, 6) is 1.26. The van der Waals surface area contributed by atoms with Crippen LogP contribution in [0, 0.1) is 5.92 Å². The average molecular weight is 210 g/mol. The van der Waals surface area contributed by atoms with Crippen molar-refractivity contribution in [1.29, 1.82) is 0 Å². The third kappa shape index (κ3) is 2.99. The number of aliphatic hydroxyl groups excluding tert-OH is 1. The van der Waals surface area contributed by atoms with Gasteiger partial charge in [-0.2, -0.15) is 0 Å². The Balaban J connectivity index is 2.75. The Morgan fingerprint density at radius 1 is 1.40 bits per heavy atom. The molecule has 0 aliphatic carbocycles. The molecule has 0 fully saturated rings. The molecular weight excluding hydrogens is 192 g/mol. The molecule has 1 rings (SSSR count). The molecule has 1 heterocycles. The van der Waals surface area contributed by atoms with Gasteiger partial charge in [0.1, 0.15) is 11.6 Å². The summed E-state index contributed by atoms with van der Waals surface area (Å²) in [4.78, 5) is 4.07. The van der Waals surface area contributed by atoms with E-state index in [1.54, 1.807) is 12.1 Å². The number of rotatable bonds is 4. The van der Waals surface area contributed by atoms with Gasteiger partial charge in [0, 0.05) is 0 Å². The molecule has 0 bridgehead atoms. The highest BCUT2D eigenvalue weighted by molar-refractivity contribution is 5.61. The molecule has 0 spiro atoms. The maximum atomic E-state index is 9.14. The summed E-state index contributed by atoms with van der Waals surface area (Å²) in [6.07, 6.45) is 0. The minimum Gasteiger partial charge on any atom is -0.396 e. The second kappa shape index (κ2) is 4.84. The van der Waals surface area contributed by atoms with Gasteiger partial charge < -0.3 is 21.9 Å². The van der Waals surface area contributed by atoms with Crippen LogP contribution in [0.1, 0.15) is 13.8 Å². The summed E-state index contributed by atoms with van der Waals surface area (Å²) in [6, 6.07) is 3.41. The summed E-state index contributed by atoms with van der Waals surface area (Å²) in [5.41, 5.74) is 11.6. The van der Waals surface area contributed by atoms with Gasteiger partial charge in [-0.15, -0.1) is 0 Å². The van der Waals surface area contributed by atoms with Crippen LogP contribution in [0.15, 0.2) is 12.1 Å². The van der Waals surface area contributed by atoms with E-state index in [1.165, 1.54) is 0 Å². The first-order valence-corrected chi connectivity index (χ1v) is 4.94. The lowest BCUT2D eigenvalue weighted by molar-refractivity contribution is 0.249. The lowest BCUT2D eigenvalue weighted by atomic mass is 10.1. The predicted molar refractivity (Wildman–Crippen MR) is 62.4 cm³/mol. The van der Waals surface area contributed by atoms with Crippen molar-refractivity contribution < 1.29 is 5.11 Å². The van der Waals surface area contributed by atoms with Gasteiger partial charge in [0.2, 0.25) is 0 Å². The molecule has 0 unspecified atom stereocenters. The van der Waals surface area contributed by atoms with Crippen molar-refractivity contribution in [3.63, 3.8) is 0 Å². The molecule has 0 amide bonds. The second-order valence-electron chi connectivity index (χ2n) is 3.85. The third-order valence-electron chi connectivity index (χ3n) is 2.29. The first-order chi connectivity index (χ1) is 7.04. The van der Waals surface area contributed by atoms with Crippen LogP contribution >= 0.6 is 0 Å². The molecule has 0 saturated heterocycles. The fraction of sp³-hybridized carbons (Fsp3) is 0.500. The van der Waals surface area contributed by atoms with Crippen molar-refractivity contribution in [3.8, 4) is 0 Å².